The van der Waals surface area contributed by atoms with E-state index in [1.54, 1.807) is 13.0 Å². The molecule has 1 aliphatic rings. The van der Waals surface area contributed by atoms with E-state index in [4.69, 9.17) is 4.74 Å². The van der Waals surface area contributed by atoms with Gasteiger partial charge in [-0.15, -0.1) is 0 Å². The molecule has 7 heteroatoms. The molecule has 1 amide bonds. The summed E-state index contributed by atoms with van der Waals surface area (Å²) in [5.41, 5.74) is 3.51. The summed E-state index contributed by atoms with van der Waals surface area (Å²) in [6.07, 6.45) is 2.90. The summed E-state index contributed by atoms with van der Waals surface area (Å²) >= 11 is 0. The Labute approximate surface area is 166 Å². The van der Waals surface area contributed by atoms with Crippen LogP contribution in [0.5, 0.6) is 0 Å². The third-order valence-electron chi connectivity index (χ3n) is 5.04. The quantitative estimate of drug-likeness (QED) is 0.698. The third-order valence-corrected chi connectivity index (χ3v) is 6.50. The summed E-state index contributed by atoms with van der Waals surface area (Å²) in [7, 11) is -2.19. The van der Waals surface area contributed by atoms with Crippen molar-refractivity contribution in [1.82, 2.24) is 10.0 Å². The van der Waals surface area contributed by atoms with E-state index in [2.05, 4.69) is 16.1 Å². The summed E-state index contributed by atoms with van der Waals surface area (Å²) in [5, 5.41) is 3.09. The van der Waals surface area contributed by atoms with Crippen molar-refractivity contribution in [3.63, 3.8) is 0 Å². The molecule has 3 rings (SSSR count). The fourth-order valence-electron chi connectivity index (χ4n) is 3.51. The van der Waals surface area contributed by atoms with Crippen LogP contribution in [-0.2, 0) is 21.2 Å². The minimum absolute atomic E-state index is 0.0584. The number of amides is 1. The molecule has 2 N–H and O–H groups in total. The SMILES string of the molecule is COCCNS(=O)(=O)c1ccc(C)c(C(=O)NC2CCCc3ccccc32)c1. The second-order valence-corrected chi connectivity index (χ2v) is 8.75. The number of benzene rings is 2. The maximum Gasteiger partial charge on any atom is 0.252 e. The summed E-state index contributed by atoms with van der Waals surface area (Å²) in [4.78, 5) is 13.0. The van der Waals surface area contributed by atoms with Crippen LogP contribution >= 0.6 is 0 Å². The molecule has 6 nitrogen and oxygen atoms in total. The molecule has 2 aromatic rings. The molecule has 1 aliphatic carbocycles. The van der Waals surface area contributed by atoms with E-state index in [-0.39, 0.29) is 30.0 Å². The number of nitrogens with one attached hydrogen (secondary N) is 2. The van der Waals surface area contributed by atoms with Gasteiger partial charge in [0, 0.05) is 19.2 Å². The van der Waals surface area contributed by atoms with E-state index in [0.29, 0.717) is 5.56 Å². The van der Waals surface area contributed by atoms with E-state index < -0.39 is 10.0 Å². The van der Waals surface area contributed by atoms with Crippen molar-refractivity contribution in [3.05, 3.63) is 64.7 Å². The highest BCUT2D eigenvalue weighted by atomic mass is 32.2. The first kappa shape index (κ1) is 20.5. The molecule has 0 fully saturated rings. The van der Waals surface area contributed by atoms with Gasteiger partial charge in [0.05, 0.1) is 17.5 Å². The number of hydrogen-bond acceptors (Lipinski definition) is 4. The first-order valence-electron chi connectivity index (χ1n) is 9.40. The van der Waals surface area contributed by atoms with E-state index in [1.807, 2.05) is 18.2 Å². The second-order valence-electron chi connectivity index (χ2n) is 6.98. The first-order chi connectivity index (χ1) is 13.4. The Morgan fingerprint density at radius 2 is 2.00 bits per heavy atom. The van der Waals surface area contributed by atoms with Crippen molar-refractivity contribution in [1.29, 1.82) is 0 Å². The van der Waals surface area contributed by atoms with Gasteiger partial charge in [0.2, 0.25) is 10.0 Å². The van der Waals surface area contributed by atoms with E-state index >= 15 is 0 Å². The molecular formula is C21H26N2O4S. The van der Waals surface area contributed by atoms with Gasteiger partial charge in [0.25, 0.3) is 5.91 Å². The molecule has 2 aromatic carbocycles. The lowest BCUT2D eigenvalue weighted by atomic mass is 9.87. The fraction of sp³-hybridized carbons (Fsp3) is 0.381. The first-order valence-corrected chi connectivity index (χ1v) is 10.9. The number of carbonyl (C=O) groups excluding carboxylic acids is 1. The molecule has 28 heavy (non-hydrogen) atoms. The Kier molecular flexibility index (Phi) is 6.49. The highest BCUT2D eigenvalue weighted by Gasteiger charge is 2.23. The van der Waals surface area contributed by atoms with Gasteiger partial charge < -0.3 is 10.1 Å². The van der Waals surface area contributed by atoms with Gasteiger partial charge in [-0.3, -0.25) is 4.79 Å². The zero-order valence-corrected chi connectivity index (χ0v) is 17.0. The molecule has 0 radical (unpaired) electrons. The molecule has 0 spiro atoms. The average molecular weight is 403 g/mol. The van der Waals surface area contributed by atoms with Crippen LogP contribution < -0.4 is 10.0 Å². The maximum atomic E-state index is 12.9. The molecule has 0 saturated carbocycles. The summed E-state index contributed by atoms with van der Waals surface area (Å²) in [6.45, 7) is 2.26. The minimum atomic E-state index is -3.70. The smallest absolute Gasteiger partial charge is 0.252 e. The van der Waals surface area contributed by atoms with E-state index in [9.17, 15) is 13.2 Å². The molecule has 0 bridgehead atoms. The Morgan fingerprint density at radius 1 is 1.21 bits per heavy atom. The van der Waals surface area contributed by atoms with Crippen LogP contribution in [0.4, 0.5) is 0 Å². The van der Waals surface area contributed by atoms with Crippen molar-refractivity contribution in [2.24, 2.45) is 0 Å². The lowest BCUT2D eigenvalue weighted by Gasteiger charge is -2.26. The van der Waals surface area contributed by atoms with Crippen LogP contribution in [0.25, 0.3) is 0 Å². The number of hydrogen-bond donors (Lipinski definition) is 2. The van der Waals surface area contributed by atoms with E-state index in [1.165, 1.54) is 24.8 Å². The van der Waals surface area contributed by atoms with Gasteiger partial charge in [-0.25, -0.2) is 13.1 Å². The van der Waals surface area contributed by atoms with Crippen LogP contribution in [0.2, 0.25) is 0 Å². The van der Waals surface area contributed by atoms with Crippen LogP contribution in [0, 0.1) is 6.92 Å². The summed E-state index contributed by atoms with van der Waals surface area (Å²) in [6, 6.07) is 12.7. The molecule has 0 aromatic heterocycles. The number of rotatable bonds is 7. The van der Waals surface area contributed by atoms with Gasteiger partial charge in [-0.1, -0.05) is 30.3 Å². The van der Waals surface area contributed by atoms with Gasteiger partial charge in [0.15, 0.2) is 0 Å². The minimum Gasteiger partial charge on any atom is -0.383 e. The predicted octanol–water partition coefficient (Wildman–Crippen LogP) is 2.73. The monoisotopic (exact) mass is 402 g/mol. The Morgan fingerprint density at radius 3 is 2.79 bits per heavy atom. The van der Waals surface area contributed by atoms with Crippen molar-refractivity contribution in [2.75, 3.05) is 20.3 Å². The predicted molar refractivity (Wildman–Crippen MR) is 108 cm³/mol. The normalized spacial score (nSPS) is 16.4. The highest BCUT2D eigenvalue weighted by Crippen LogP contribution is 2.30. The van der Waals surface area contributed by atoms with E-state index in [0.717, 1.165) is 30.4 Å². The van der Waals surface area contributed by atoms with Crippen molar-refractivity contribution >= 4 is 15.9 Å². The van der Waals surface area contributed by atoms with Crippen LogP contribution in [-0.4, -0.2) is 34.6 Å². The number of carbonyl (C=O) groups is 1. The zero-order chi connectivity index (χ0) is 20.1. The number of aryl methyl sites for hydroxylation is 2. The molecule has 1 unspecified atom stereocenters. The van der Waals surface area contributed by atoms with Crippen molar-refractivity contribution < 1.29 is 17.9 Å². The number of fused-ring (bicyclic) bond motifs is 1. The molecule has 0 saturated heterocycles. The molecular weight excluding hydrogens is 376 g/mol. The van der Waals surface area contributed by atoms with Crippen molar-refractivity contribution in [3.8, 4) is 0 Å². The molecule has 1 atom stereocenters. The van der Waals surface area contributed by atoms with Gasteiger partial charge >= 0.3 is 0 Å². The molecule has 150 valence electrons. The summed E-state index contributed by atoms with van der Waals surface area (Å²) in [5.74, 6) is -0.256. The Bertz CT molecular complexity index is 957. The zero-order valence-electron chi connectivity index (χ0n) is 16.2. The van der Waals surface area contributed by atoms with Crippen LogP contribution in [0.1, 0.15) is 45.9 Å². The number of ether oxygens (including phenoxy) is 1. The lowest BCUT2D eigenvalue weighted by Crippen LogP contribution is -2.32. The van der Waals surface area contributed by atoms with Gasteiger partial charge in [-0.05, 0) is 55.0 Å². The topological polar surface area (TPSA) is 84.5 Å². The van der Waals surface area contributed by atoms with Crippen molar-refractivity contribution in [2.45, 2.75) is 37.1 Å². The second kappa shape index (κ2) is 8.86. The molecule has 0 aliphatic heterocycles. The lowest BCUT2D eigenvalue weighted by molar-refractivity contribution is 0.0932. The standard InChI is InChI=1S/C21H26N2O4S/c1-15-10-11-17(28(25,26)22-12-13-27-2)14-19(15)21(24)23-20-9-5-7-16-6-3-4-8-18(16)20/h3-4,6,8,10-11,14,20,22H,5,7,9,12-13H2,1-2H3,(H,23,24). The average Bonchev–Trinajstić information content (AvgIpc) is 2.68. The maximum absolute atomic E-state index is 12.9. The largest absolute Gasteiger partial charge is 0.383 e. The number of methoxy groups -OCH3 is 1. The summed E-state index contributed by atoms with van der Waals surface area (Å²) < 4.78 is 32.2. The van der Waals surface area contributed by atoms with Crippen LogP contribution in [0.15, 0.2) is 47.4 Å². The Balaban J connectivity index is 1.81. The third kappa shape index (κ3) is 4.60. The fourth-order valence-corrected chi connectivity index (χ4v) is 4.55. The van der Waals surface area contributed by atoms with Gasteiger partial charge in [0.1, 0.15) is 0 Å². The van der Waals surface area contributed by atoms with Gasteiger partial charge in [-0.2, -0.15) is 0 Å². The van der Waals surface area contributed by atoms with Crippen LogP contribution in [0.3, 0.4) is 0 Å². The molecule has 0 heterocycles. The number of sulfonamides is 1. The Hall–Kier alpha value is -2.22. The highest BCUT2D eigenvalue weighted by molar-refractivity contribution is 7.89.